The van der Waals surface area contributed by atoms with E-state index >= 15 is 0 Å². The summed E-state index contributed by atoms with van der Waals surface area (Å²) < 4.78 is 4.58. The summed E-state index contributed by atoms with van der Waals surface area (Å²) in [6, 6.07) is -1.58. The third-order valence-electron chi connectivity index (χ3n) is 2.34. The first-order valence-electron chi connectivity index (χ1n) is 6.31. The number of ether oxygens (including phenoxy) is 1. The largest absolute Gasteiger partial charge is 0.467 e. The monoisotopic (exact) mass is 352 g/mol. The SMILES string of the molecule is COC(=O)[C@H](CSSC[C@H](NC(C)=O)C(=O)CO)NC(C)=O. The molecule has 0 radical (unpaired) electrons. The van der Waals surface area contributed by atoms with Crippen LogP contribution in [0.25, 0.3) is 0 Å². The predicted molar refractivity (Wildman–Crippen MR) is 84.2 cm³/mol. The fourth-order valence-corrected chi connectivity index (χ4v) is 3.71. The van der Waals surface area contributed by atoms with Crippen LogP contribution in [0.15, 0.2) is 0 Å². The molecule has 0 aliphatic carbocycles. The highest BCUT2D eigenvalue weighted by atomic mass is 33.1. The Hall–Kier alpha value is -1.26. The number of hydrogen-bond donors (Lipinski definition) is 3. The lowest BCUT2D eigenvalue weighted by atomic mass is 10.2. The zero-order valence-electron chi connectivity index (χ0n) is 12.6. The van der Waals surface area contributed by atoms with Crippen LogP contribution < -0.4 is 10.6 Å². The summed E-state index contributed by atoms with van der Waals surface area (Å²) >= 11 is 0. The van der Waals surface area contributed by atoms with Gasteiger partial charge in [0.25, 0.3) is 0 Å². The zero-order chi connectivity index (χ0) is 17.1. The lowest BCUT2D eigenvalue weighted by Crippen LogP contribution is -2.43. The van der Waals surface area contributed by atoms with Gasteiger partial charge >= 0.3 is 5.97 Å². The van der Waals surface area contributed by atoms with E-state index in [0.717, 1.165) is 0 Å². The number of hydrogen-bond acceptors (Lipinski definition) is 8. The molecule has 8 nitrogen and oxygen atoms in total. The number of aliphatic hydroxyl groups is 1. The molecule has 126 valence electrons. The normalized spacial score (nSPS) is 12.9. The summed E-state index contributed by atoms with van der Waals surface area (Å²) in [5.41, 5.74) is 0. The lowest BCUT2D eigenvalue weighted by Gasteiger charge is -2.17. The second-order valence-corrected chi connectivity index (χ2v) is 6.78. The zero-order valence-corrected chi connectivity index (χ0v) is 14.2. The third kappa shape index (κ3) is 8.90. The van der Waals surface area contributed by atoms with E-state index in [-0.39, 0.29) is 23.3 Å². The molecule has 3 N–H and O–H groups in total. The highest BCUT2D eigenvalue weighted by Crippen LogP contribution is 2.23. The quantitative estimate of drug-likeness (QED) is 0.263. The van der Waals surface area contributed by atoms with E-state index in [0.29, 0.717) is 0 Å². The van der Waals surface area contributed by atoms with Gasteiger partial charge in [0.2, 0.25) is 11.8 Å². The first-order valence-corrected chi connectivity index (χ1v) is 8.80. The molecule has 2 amide bonds. The molecule has 0 spiro atoms. The number of esters is 1. The molecule has 0 aromatic rings. The van der Waals surface area contributed by atoms with Crippen molar-refractivity contribution in [2.45, 2.75) is 25.9 Å². The van der Waals surface area contributed by atoms with Crippen molar-refractivity contribution in [2.24, 2.45) is 0 Å². The molecule has 0 aromatic heterocycles. The number of carbonyl (C=O) groups excluding carboxylic acids is 4. The van der Waals surface area contributed by atoms with Crippen LogP contribution >= 0.6 is 21.6 Å². The Kier molecular flexibility index (Phi) is 10.7. The minimum Gasteiger partial charge on any atom is -0.467 e. The van der Waals surface area contributed by atoms with Gasteiger partial charge in [-0.05, 0) is 0 Å². The van der Waals surface area contributed by atoms with Gasteiger partial charge in [-0.2, -0.15) is 0 Å². The maximum absolute atomic E-state index is 11.5. The van der Waals surface area contributed by atoms with Crippen molar-refractivity contribution in [1.29, 1.82) is 0 Å². The molecular formula is C12H20N2O6S2. The van der Waals surface area contributed by atoms with Crippen molar-refractivity contribution in [3.05, 3.63) is 0 Å². The van der Waals surface area contributed by atoms with E-state index in [2.05, 4.69) is 15.4 Å². The van der Waals surface area contributed by atoms with Crippen LogP contribution in [0.4, 0.5) is 0 Å². The summed E-state index contributed by atoms with van der Waals surface area (Å²) in [4.78, 5) is 44.9. The van der Waals surface area contributed by atoms with Gasteiger partial charge in [0.05, 0.1) is 13.2 Å². The number of Topliss-reactive ketones (excluding diaryl/α,β-unsaturated/α-hetero) is 1. The van der Waals surface area contributed by atoms with E-state index in [1.54, 1.807) is 0 Å². The number of ketones is 1. The van der Waals surface area contributed by atoms with Crippen LogP contribution in [0, 0.1) is 0 Å². The van der Waals surface area contributed by atoms with Gasteiger partial charge in [0, 0.05) is 25.4 Å². The van der Waals surface area contributed by atoms with Crippen molar-refractivity contribution in [2.75, 3.05) is 25.2 Å². The van der Waals surface area contributed by atoms with Gasteiger partial charge in [-0.15, -0.1) is 0 Å². The summed E-state index contributed by atoms with van der Waals surface area (Å²) in [6.45, 7) is 1.91. The van der Waals surface area contributed by atoms with Crippen LogP contribution in [0.2, 0.25) is 0 Å². The van der Waals surface area contributed by atoms with Crippen molar-refractivity contribution in [1.82, 2.24) is 10.6 Å². The lowest BCUT2D eigenvalue weighted by molar-refractivity contribution is -0.144. The number of methoxy groups -OCH3 is 1. The van der Waals surface area contributed by atoms with E-state index < -0.39 is 30.4 Å². The number of carbonyl (C=O) groups is 4. The van der Waals surface area contributed by atoms with Gasteiger partial charge in [0.15, 0.2) is 5.78 Å². The molecule has 22 heavy (non-hydrogen) atoms. The maximum Gasteiger partial charge on any atom is 0.329 e. The highest BCUT2D eigenvalue weighted by molar-refractivity contribution is 8.76. The summed E-state index contributed by atoms with van der Waals surface area (Å²) in [7, 11) is 3.71. The van der Waals surface area contributed by atoms with Crippen LogP contribution in [0.3, 0.4) is 0 Å². The van der Waals surface area contributed by atoms with E-state index in [4.69, 9.17) is 5.11 Å². The standard InChI is InChI=1S/C12H20N2O6S2/c1-7(16)13-9(11(18)4-15)5-21-22-6-10(12(19)20-3)14-8(2)17/h9-10,15H,4-6H2,1-3H3,(H,13,16)(H,14,17)/t9-,10-/m0/s1. The van der Waals surface area contributed by atoms with Crippen molar-refractivity contribution >= 4 is 45.2 Å². The smallest absolute Gasteiger partial charge is 0.329 e. The number of rotatable bonds is 10. The minimum atomic E-state index is -0.794. The van der Waals surface area contributed by atoms with E-state index in [9.17, 15) is 19.2 Å². The second-order valence-electron chi connectivity index (χ2n) is 4.22. The minimum absolute atomic E-state index is 0.234. The average molecular weight is 352 g/mol. The molecule has 0 aliphatic rings. The van der Waals surface area contributed by atoms with Crippen molar-refractivity contribution in [3.8, 4) is 0 Å². The maximum atomic E-state index is 11.5. The molecule has 0 saturated heterocycles. The molecule has 0 bridgehead atoms. The summed E-state index contributed by atoms with van der Waals surface area (Å²) in [5, 5.41) is 13.7. The molecule has 0 heterocycles. The molecular weight excluding hydrogens is 332 g/mol. The summed E-state index contributed by atoms with van der Waals surface area (Å²) in [6.07, 6.45) is 0. The van der Waals surface area contributed by atoms with Crippen LogP contribution in [0.5, 0.6) is 0 Å². The molecule has 0 rings (SSSR count). The van der Waals surface area contributed by atoms with Gasteiger partial charge in [0.1, 0.15) is 12.6 Å². The fraction of sp³-hybridized carbons (Fsp3) is 0.667. The number of aliphatic hydroxyl groups excluding tert-OH is 1. The Morgan fingerprint density at radius 1 is 1.00 bits per heavy atom. The van der Waals surface area contributed by atoms with Gasteiger partial charge in [-0.3, -0.25) is 14.4 Å². The average Bonchev–Trinajstić information content (AvgIpc) is 2.46. The van der Waals surface area contributed by atoms with Crippen LogP contribution in [0.1, 0.15) is 13.8 Å². The van der Waals surface area contributed by atoms with Crippen LogP contribution in [-0.4, -0.2) is 66.0 Å². The highest BCUT2D eigenvalue weighted by Gasteiger charge is 2.22. The summed E-state index contributed by atoms with van der Waals surface area (Å²) in [5.74, 6) is -1.30. The van der Waals surface area contributed by atoms with Gasteiger partial charge in [-0.1, -0.05) is 21.6 Å². The molecule has 0 unspecified atom stereocenters. The molecule has 2 atom stereocenters. The Bertz CT molecular complexity index is 380. The van der Waals surface area contributed by atoms with Crippen molar-refractivity contribution < 1.29 is 29.0 Å². The van der Waals surface area contributed by atoms with Gasteiger partial charge < -0.3 is 20.5 Å². The molecule has 0 saturated carbocycles. The van der Waals surface area contributed by atoms with Gasteiger partial charge in [-0.25, -0.2) is 4.79 Å². The first kappa shape index (κ1) is 20.7. The van der Waals surface area contributed by atoms with E-state index in [1.807, 2.05) is 0 Å². The fourth-order valence-electron chi connectivity index (χ4n) is 1.36. The Morgan fingerprint density at radius 3 is 1.86 bits per heavy atom. The van der Waals surface area contributed by atoms with E-state index in [1.165, 1.54) is 42.5 Å². The Balaban J connectivity index is 4.33. The molecule has 10 heteroatoms. The second kappa shape index (κ2) is 11.3. The van der Waals surface area contributed by atoms with Crippen molar-refractivity contribution in [3.63, 3.8) is 0 Å². The predicted octanol–water partition coefficient (Wildman–Crippen LogP) is -0.888. The number of nitrogens with one attached hydrogen (secondary N) is 2. The Labute approximate surface area is 136 Å². The van der Waals surface area contributed by atoms with Crippen LogP contribution in [-0.2, 0) is 23.9 Å². The molecule has 0 aromatic carbocycles. The molecule has 0 fully saturated rings. The number of amides is 2. The Morgan fingerprint density at radius 2 is 1.45 bits per heavy atom. The topological polar surface area (TPSA) is 122 Å². The molecule has 0 aliphatic heterocycles. The third-order valence-corrected chi connectivity index (χ3v) is 4.76. The first-order chi connectivity index (χ1) is 10.3.